The Hall–Kier alpha value is -2.14. The van der Waals surface area contributed by atoms with Crippen molar-refractivity contribution in [3.05, 3.63) is 42.2 Å². The van der Waals surface area contributed by atoms with Gasteiger partial charge in [0.25, 0.3) is 0 Å². The van der Waals surface area contributed by atoms with Crippen molar-refractivity contribution in [2.45, 2.75) is 32.4 Å². The molecule has 0 atom stereocenters. The Morgan fingerprint density at radius 1 is 1.14 bits per heavy atom. The zero-order valence-corrected chi connectivity index (χ0v) is 12.1. The summed E-state index contributed by atoms with van der Waals surface area (Å²) in [6.07, 6.45) is 6.13. The topological polar surface area (TPSA) is 56.3 Å². The maximum atomic E-state index is 5.69. The molecule has 1 heterocycles. The van der Waals surface area contributed by atoms with Gasteiger partial charge in [-0.15, -0.1) is 0 Å². The fourth-order valence-corrected chi connectivity index (χ4v) is 1.94. The Balaban J connectivity index is 1.64. The average Bonchev–Trinajstić information content (AvgIpc) is 3.33. The van der Waals surface area contributed by atoms with Gasteiger partial charge < -0.3 is 14.8 Å². The highest BCUT2D eigenvalue weighted by atomic mass is 16.5. The van der Waals surface area contributed by atoms with Crippen LogP contribution < -0.4 is 14.8 Å². The van der Waals surface area contributed by atoms with Gasteiger partial charge in [0.15, 0.2) is 11.5 Å². The van der Waals surface area contributed by atoms with E-state index in [2.05, 4.69) is 15.3 Å². The second-order valence-corrected chi connectivity index (χ2v) is 5.01. The molecule has 1 aliphatic carbocycles. The molecule has 1 saturated carbocycles. The maximum Gasteiger partial charge on any atom is 0.322 e. The zero-order chi connectivity index (χ0) is 14.5. The summed E-state index contributed by atoms with van der Waals surface area (Å²) in [7, 11) is 0. The summed E-state index contributed by atoms with van der Waals surface area (Å²) < 4.78 is 11.2. The Kier molecular flexibility index (Phi) is 4.31. The van der Waals surface area contributed by atoms with Crippen molar-refractivity contribution in [3.63, 3.8) is 0 Å². The van der Waals surface area contributed by atoms with Crippen LogP contribution in [0.3, 0.4) is 0 Å². The van der Waals surface area contributed by atoms with Crippen molar-refractivity contribution in [1.82, 2.24) is 15.3 Å². The molecule has 5 heteroatoms. The zero-order valence-electron chi connectivity index (χ0n) is 12.1. The minimum atomic E-state index is 0.331. The van der Waals surface area contributed by atoms with Crippen molar-refractivity contribution < 1.29 is 9.47 Å². The Morgan fingerprint density at radius 2 is 1.86 bits per heavy atom. The lowest BCUT2D eigenvalue weighted by Crippen LogP contribution is -2.15. The van der Waals surface area contributed by atoms with Crippen LogP contribution in [0.2, 0.25) is 0 Å². The molecule has 1 fully saturated rings. The van der Waals surface area contributed by atoms with Gasteiger partial charge in [0, 0.05) is 30.5 Å². The number of hydrogen-bond donors (Lipinski definition) is 1. The van der Waals surface area contributed by atoms with Crippen molar-refractivity contribution in [3.8, 4) is 17.5 Å². The molecule has 0 radical (unpaired) electrons. The molecule has 1 aromatic carbocycles. The van der Waals surface area contributed by atoms with Crippen LogP contribution in [0.1, 0.15) is 25.3 Å². The lowest BCUT2D eigenvalue weighted by molar-refractivity contribution is 0.317. The van der Waals surface area contributed by atoms with Crippen LogP contribution in [0.4, 0.5) is 0 Å². The minimum Gasteiger partial charge on any atom is -0.490 e. The minimum absolute atomic E-state index is 0.331. The maximum absolute atomic E-state index is 5.69. The van der Waals surface area contributed by atoms with E-state index in [4.69, 9.17) is 9.47 Å². The van der Waals surface area contributed by atoms with E-state index in [9.17, 15) is 0 Å². The average molecular weight is 285 g/mol. The number of para-hydroxylation sites is 2. The smallest absolute Gasteiger partial charge is 0.322 e. The third-order valence-corrected chi connectivity index (χ3v) is 3.20. The highest BCUT2D eigenvalue weighted by Gasteiger charge is 2.20. The molecule has 1 N–H and O–H groups in total. The second kappa shape index (κ2) is 6.54. The largest absolute Gasteiger partial charge is 0.490 e. The normalized spacial score (nSPS) is 14.0. The van der Waals surface area contributed by atoms with Gasteiger partial charge in [0.1, 0.15) is 0 Å². The highest BCUT2D eigenvalue weighted by molar-refractivity contribution is 5.40. The summed E-state index contributed by atoms with van der Waals surface area (Å²) >= 11 is 0. The number of nitrogens with zero attached hydrogens (tertiary/aromatic N) is 2. The van der Waals surface area contributed by atoms with Crippen molar-refractivity contribution in [2.24, 2.45) is 0 Å². The first kappa shape index (κ1) is 13.8. The van der Waals surface area contributed by atoms with Crippen LogP contribution in [0.5, 0.6) is 17.5 Å². The molecule has 0 amide bonds. The Bertz CT molecular complexity index is 582. The summed E-state index contributed by atoms with van der Waals surface area (Å²) in [4.78, 5) is 8.49. The fraction of sp³-hybridized carbons (Fsp3) is 0.375. The lowest BCUT2D eigenvalue weighted by atomic mass is 10.3. The van der Waals surface area contributed by atoms with Crippen molar-refractivity contribution in [1.29, 1.82) is 0 Å². The summed E-state index contributed by atoms with van der Waals surface area (Å²) in [5.74, 6) is 1.33. The van der Waals surface area contributed by atoms with Gasteiger partial charge in [0.2, 0.25) is 0 Å². The molecule has 0 aliphatic heterocycles. The van der Waals surface area contributed by atoms with Gasteiger partial charge in [-0.2, -0.15) is 0 Å². The van der Waals surface area contributed by atoms with Crippen molar-refractivity contribution in [2.75, 3.05) is 6.61 Å². The summed E-state index contributed by atoms with van der Waals surface area (Å²) in [6.45, 7) is 3.34. The predicted molar refractivity (Wildman–Crippen MR) is 79.6 cm³/mol. The van der Waals surface area contributed by atoms with E-state index in [1.54, 1.807) is 12.4 Å². The van der Waals surface area contributed by atoms with Crippen LogP contribution >= 0.6 is 0 Å². The van der Waals surface area contributed by atoms with Crippen LogP contribution in [-0.2, 0) is 6.54 Å². The van der Waals surface area contributed by atoms with E-state index in [0.29, 0.717) is 30.2 Å². The molecule has 1 aliphatic rings. The van der Waals surface area contributed by atoms with Crippen LogP contribution in [0.25, 0.3) is 0 Å². The molecule has 3 rings (SSSR count). The third kappa shape index (κ3) is 3.92. The molecule has 0 spiro atoms. The first-order valence-electron chi connectivity index (χ1n) is 7.29. The number of rotatable bonds is 7. The Morgan fingerprint density at radius 3 is 2.52 bits per heavy atom. The first-order chi connectivity index (χ1) is 10.3. The predicted octanol–water partition coefficient (Wildman–Crippen LogP) is 2.92. The molecule has 2 aromatic rings. The summed E-state index contributed by atoms with van der Waals surface area (Å²) in [5, 5.41) is 3.43. The van der Waals surface area contributed by atoms with Gasteiger partial charge in [-0.25, -0.2) is 9.97 Å². The first-order valence-corrected chi connectivity index (χ1v) is 7.29. The van der Waals surface area contributed by atoms with Gasteiger partial charge in [-0.1, -0.05) is 12.1 Å². The number of nitrogens with one attached hydrogen (secondary N) is 1. The summed E-state index contributed by atoms with van der Waals surface area (Å²) in [6, 6.07) is 8.53. The standard InChI is InChI=1S/C16H19N3O2/c1-2-20-14-5-3-4-6-15(14)21-16-18-10-12(11-19-16)9-17-13-7-8-13/h3-6,10-11,13,17H,2,7-9H2,1H3. The van der Waals surface area contributed by atoms with E-state index in [0.717, 1.165) is 12.1 Å². The molecule has 21 heavy (non-hydrogen) atoms. The van der Waals surface area contributed by atoms with Gasteiger partial charge in [-0.3, -0.25) is 0 Å². The SMILES string of the molecule is CCOc1ccccc1Oc1ncc(CNC2CC2)cn1. The molecule has 5 nitrogen and oxygen atoms in total. The molecule has 110 valence electrons. The second-order valence-electron chi connectivity index (χ2n) is 5.01. The number of aromatic nitrogens is 2. The third-order valence-electron chi connectivity index (χ3n) is 3.20. The van der Waals surface area contributed by atoms with Crippen LogP contribution in [0.15, 0.2) is 36.7 Å². The number of ether oxygens (including phenoxy) is 2. The van der Waals surface area contributed by atoms with Gasteiger partial charge >= 0.3 is 6.01 Å². The summed E-state index contributed by atoms with van der Waals surface area (Å²) in [5.41, 5.74) is 1.06. The number of hydrogen-bond acceptors (Lipinski definition) is 5. The van der Waals surface area contributed by atoms with E-state index >= 15 is 0 Å². The molecular weight excluding hydrogens is 266 g/mol. The molecule has 1 aromatic heterocycles. The lowest BCUT2D eigenvalue weighted by Gasteiger charge is -2.10. The van der Waals surface area contributed by atoms with Crippen molar-refractivity contribution >= 4 is 0 Å². The molecule has 0 bridgehead atoms. The number of benzene rings is 1. The van der Waals surface area contributed by atoms with E-state index in [-0.39, 0.29) is 0 Å². The van der Waals surface area contributed by atoms with Gasteiger partial charge in [-0.05, 0) is 31.9 Å². The molecular formula is C16H19N3O2. The van der Waals surface area contributed by atoms with E-state index in [1.165, 1.54) is 12.8 Å². The van der Waals surface area contributed by atoms with Crippen LogP contribution in [0, 0.1) is 0 Å². The molecule has 0 unspecified atom stereocenters. The van der Waals surface area contributed by atoms with Gasteiger partial charge in [0.05, 0.1) is 6.61 Å². The van der Waals surface area contributed by atoms with Crippen LogP contribution in [-0.4, -0.2) is 22.6 Å². The highest BCUT2D eigenvalue weighted by Crippen LogP contribution is 2.29. The quantitative estimate of drug-likeness (QED) is 0.847. The fourth-order valence-electron chi connectivity index (χ4n) is 1.94. The van der Waals surface area contributed by atoms with E-state index in [1.807, 2.05) is 31.2 Å². The van der Waals surface area contributed by atoms with E-state index < -0.39 is 0 Å². The monoisotopic (exact) mass is 285 g/mol. The Labute approximate surface area is 124 Å². The molecule has 0 saturated heterocycles.